The molecule has 4 nitrogen and oxygen atoms in total. The maximum Gasteiger partial charge on any atom is 0.250 e. The molecule has 2 aromatic rings. The van der Waals surface area contributed by atoms with Crippen molar-refractivity contribution in [2.45, 2.75) is 0 Å². The molecule has 0 saturated heterocycles. The molecular weight excluding hydrogens is 269 g/mol. The highest BCUT2D eigenvalue weighted by Crippen LogP contribution is 2.28. The van der Waals surface area contributed by atoms with Crippen molar-refractivity contribution in [1.82, 2.24) is 0 Å². The van der Waals surface area contributed by atoms with Crippen LogP contribution in [0.3, 0.4) is 0 Å². The second kappa shape index (κ2) is 5.16. The molecule has 5 N–H and O–H groups in total. The number of hydrogen-bond acceptors (Lipinski definition) is 3. The van der Waals surface area contributed by atoms with Gasteiger partial charge in [0.1, 0.15) is 5.82 Å². The van der Waals surface area contributed by atoms with Gasteiger partial charge in [0.2, 0.25) is 0 Å². The Morgan fingerprint density at radius 1 is 1.26 bits per heavy atom. The third-order valence-electron chi connectivity index (χ3n) is 2.55. The molecule has 0 aliphatic rings. The zero-order chi connectivity index (χ0) is 14.0. The number of carbonyl (C=O) groups excluding carboxylic acids is 1. The van der Waals surface area contributed by atoms with E-state index in [9.17, 15) is 9.18 Å². The van der Waals surface area contributed by atoms with Gasteiger partial charge in [0.05, 0.1) is 22.0 Å². The van der Waals surface area contributed by atoms with Crippen LogP contribution >= 0.6 is 11.6 Å². The zero-order valence-corrected chi connectivity index (χ0v) is 10.5. The molecular formula is C13H11ClFN3O. The largest absolute Gasteiger partial charge is 0.397 e. The molecule has 0 fully saturated rings. The Morgan fingerprint density at radius 2 is 2.00 bits per heavy atom. The summed E-state index contributed by atoms with van der Waals surface area (Å²) in [5.74, 6) is -1.19. The average Bonchev–Trinajstić information content (AvgIpc) is 2.36. The molecule has 0 spiro atoms. The van der Waals surface area contributed by atoms with Crippen molar-refractivity contribution >= 4 is 34.6 Å². The van der Waals surface area contributed by atoms with Crippen molar-refractivity contribution in [3.8, 4) is 0 Å². The summed E-state index contributed by atoms with van der Waals surface area (Å²) in [5, 5.41) is 2.88. The minimum absolute atomic E-state index is 0.0155. The van der Waals surface area contributed by atoms with Crippen LogP contribution in [0, 0.1) is 5.82 Å². The van der Waals surface area contributed by atoms with Crippen molar-refractivity contribution < 1.29 is 9.18 Å². The molecule has 0 aromatic heterocycles. The van der Waals surface area contributed by atoms with Gasteiger partial charge in [0, 0.05) is 5.69 Å². The number of rotatable bonds is 3. The summed E-state index contributed by atoms with van der Waals surface area (Å²) < 4.78 is 13.3. The molecule has 6 heteroatoms. The quantitative estimate of drug-likeness (QED) is 0.756. The van der Waals surface area contributed by atoms with Gasteiger partial charge in [0.15, 0.2) is 0 Å². The number of nitrogen functional groups attached to an aromatic ring is 1. The van der Waals surface area contributed by atoms with Gasteiger partial charge in [-0.1, -0.05) is 17.7 Å². The van der Waals surface area contributed by atoms with Crippen LogP contribution in [0.1, 0.15) is 10.4 Å². The Hall–Kier alpha value is -2.27. The fourth-order valence-electron chi connectivity index (χ4n) is 1.63. The van der Waals surface area contributed by atoms with E-state index in [1.165, 1.54) is 18.2 Å². The first kappa shape index (κ1) is 13.2. The normalized spacial score (nSPS) is 10.2. The molecule has 0 bridgehead atoms. The van der Waals surface area contributed by atoms with Crippen LogP contribution in [-0.4, -0.2) is 5.91 Å². The number of para-hydroxylation sites is 1. The molecule has 0 saturated carbocycles. The predicted octanol–water partition coefficient (Wildman–Crippen LogP) is 2.90. The highest BCUT2D eigenvalue weighted by atomic mass is 35.5. The molecule has 2 rings (SSSR count). The van der Waals surface area contributed by atoms with Gasteiger partial charge < -0.3 is 16.8 Å². The first-order chi connectivity index (χ1) is 8.99. The summed E-state index contributed by atoms with van der Waals surface area (Å²) in [5.41, 5.74) is 12.4. The predicted molar refractivity (Wildman–Crippen MR) is 74.1 cm³/mol. The number of halogens is 2. The van der Waals surface area contributed by atoms with E-state index in [0.29, 0.717) is 17.1 Å². The van der Waals surface area contributed by atoms with Crippen LogP contribution in [0.2, 0.25) is 5.02 Å². The van der Waals surface area contributed by atoms with E-state index in [1.807, 2.05) is 0 Å². The van der Waals surface area contributed by atoms with Gasteiger partial charge in [-0.05, 0) is 30.3 Å². The minimum Gasteiger partial charge on any atom is -0.397 e. The van der Waals surface area contributed by atoms with Gasteiger partial charge in [-0.3, -0.25) is 4.79 Å². The maximum absolute atomic E-state index is 13.3. The Kier molecular flexibility index (Phi) is 3.57. The maximum atomic E-state index is 13.3. The Morgan fingerprint density at radius 3 is 2.63 bits per heavy atom. The van der Waals surface area contributed by atoms with E-state index in [-0.39, 0.29) is 10.6 Å². The van der Waals surface area contributed by atoms with Crippen LogP contribution in [0.25, 0.3) is 0 Å². The molecule has 2 aromatic carbocycles. The van der Waals surface area contributed by atoms with Crippen molar-refractivity contribution in [2.24, 2.45) is 5.73 Å². The van der Waals surface area contributed by atoms with Crippen LogP contribution < -0.4 is 16.8 Å². The highest BCUT2D eigenvalue weighted by molar-refractivity contribution is 6.30. The van der Waals surface area contributed by atoms with E-state index in [0.717, 1.165) is 0 Å². The van der Waals surface area contributed by atoms with Crippen molar-refractivity contribution in [3.63, 3.8) is 0 Å². The molecule has 98 valence electrons. The molecule has 0 aliphatic heterocycles. The number of hydrogen-bond donors (Lipinski definition) is 3. The molecule has 0 aliphatic carbocycles. The summed E-state index contributed by atoms with van der Waals surface area (Å²) in [7, 11) is 0. The lowest BCUT2D eigenvalue weighted by molar-refractivity contribution is 0.100. The van der Waals surface area contributed by atoms with E-state index in [1.54, 1.807) is 18.2 Å². The van der Waals surface area contributed by atoms with E-state index in [2.05, 4.69) is 5.32 Å². The Balaban J connectivity index is 2.42. The van der Waals surface area contributed by atoms with E-state index < -0.39 is 11.7 Å². The number of nitrogens with two attached hydrogens (primary N) is 2. The fraction of sp³-hybridized carbons (Fsp3) is 0. The first-order valence-corrected chi connectivity index (χ1v) is 5.77. The summed E-state index contributed by atoms with van der Waals surface area (Å²) in [6, 6.07) is 8.95. The van der Waals surface area contributed by atoms with Gasteiger partial charge in [-0.2, -0.15) is 0 Å². The SMILES string of the molecule is NC(=O)c1cccc(N)c1Nc1ccc(Cl)c(F)c1. The van der Waals surface area contributed by atoms with Crippen molar-refractivity contribution in [1.29, 1.82) is 0 Å². The number of primary amides is 1. The summed E-state index contributed by atoms with van der Waals surface area (Å²) in [6.07, 6.45) is 0. The van der Waals surface area contributed by atoms with Crippen LogP contribution in [-0.2, 0) is 0 Å². The molecule has 19 heavy (non-hydrogen) atoms. The van der Waals surface area contributed by atoms with E-state index >= 15 is 0 Å². The van der Waals surface area contributed by atoms with Gasteiger partial charge in [-0.25, -0.2) is 4.39 Å². The second-order valence-corrected chi connectivity index (χ2v) is 4.30. The lowest BCUT2D eigenvalue weighted by atomic mass is 10.1. The van der Waals surface area contributed by atoms with Crippen molar-refractivity contribution in [2.75, 3.05) is 11.1 Å². The second-order valence-electron chi connectivity index (χ2n) is 3.89. The van der Waals surface area contributed by atoms with Crippen LogP contribution in [0.15, 0.2) is 36.4 Å². The van der Waals surface area contributed by atoms with Gasteiger partial charge in [0.25, 0.3) is 5.91 Å². The minimum atomic E-state index is -0.621. The summed E-state index contributed by atoms with van der Waals surface area (Å²) in [4.78, 5) is 11.3. The smallest absolute Gasteiger partial charge is 0.250 e. The fourth-order valence-corrected chi connectivity index (χ4v) is 1.75. The topological polar surface area (TPSA) is 81.1 Å². The molecule has 0 radical (unpaired) electrons. The number of anilines is 3. The first-order valence-electron chi connectivity index (χ1n) is 5.39. The monoisotopic (exact) mass is 279 g/mol. The summed E-state index contributed by atoms with van der Waals surface area (Å²) >= 11 is 5.60. The molecule has 0 unspecified atom stereocenters. The van der Waals surface area contributed by atoms with Crippen LogP contribution in [0.5, 0.6) is 0 Å². The highest BCUT2D eigenvalue weighted by Gasteiger charge is 2.11. The zero-order valence-electron chi connectivity index (χ0n) is 9.78. The molecule has 0 atom stereocenters. The van der Waals surface area contributed by atoms with Crippen LogP contribution in [0.4, 0.5) is 21.5 Å². The number of amides is 1. The third-order valence-corrected chi connectivity index (χ3v) is 2.86. The number of benzene rings is 2. The molecule has 0 heterocycles. The lowest BCUT2D eigenvalue weighted by Crippen LogP contribution is -2.14. The summed E-state index contributed by atoms with van der Waals surface area (Å²) in [6.45, 7) is 0. The van der Waals surface area contributed by atoms with Gasteiger partial charge in [-0.15, -0.1) is 0 Å². The number of carbonyl (C=O) groups is 1. The van der Waals surface area contributed by atoms with Crippen molar-refractivity contribution in [3.05, 3.63) is 52.8 Å². The Bertz CT molecular complexity index is 646. The van der Waals surface area contributed by atoms with E-state index in [4.69, 9.17) is 23.1 Å². The molecule has 1 amide bonds. The average molecular weight is 280 g/mol. The third kappa shape index (κ3) is 2.77. The number of nitrogens with one attached hydrogen (secondary N) is 1. The van der Waals surface area contributed by atoms with Gasteiger partial charge >= 0.3 is 0 Å². The lowest BCUT2D eigenvalue weighted by Gasteiger charge is -2.13. The standard InChI is InChI=1S/C13H11ClFN3O/c14-9-5-4-7(6-10(9)15)18-12-8(13(17)19)2-1-3-11(12)16/h1-6,18H,16H2,(H2,17,19). The Labute approximate surface area is 114 Å².